The second kappa shape index (κ2) is 12.4. The highest BCUT2D eigenvalue weighted by Crippen LogP contribution is 2.30. The van der Waals surface area contributed by atoms with Crippen LogP contribution in [-0.2, 0) is 6.42 Å². The Kier molecular flexibility index (Phi) is 9.04. The number of rotatable bonds is 11. The fourth-order valence-corrected chi connectivity index (χ4v) is 5.88. The van der Waals surface area contributed by atoms with Gasteiger partial charge < -0.3 is 14.7 Å². The van der Waals surface area contributed by atoms with Gasteiger partial charge in [-0.2, -0.15) is 0 Å². The van der Waals surface area contributed by atoms with E-state index in [1.807, 2.05) is 30.1 Å². The number of benzene rings is 2. The highest BCUT2D eigenvalue weighted by molar-refractivity contribution is 7.99. The minimum absolute atomic E-state index is 0.301. The lowest BCUT2D eigenvalue weighted by molar-refractivity contribution is 0.0677. The molecule has 0 unspecified atom stereocenters. The number of hydrogen-bond acceptors (Lipinski definition) is 5. The van der Waals surface area contributed by atoms with Crippen molar-refractivity contribution in [1.29, 1.82) is 0 Å². The lowest BCUT2D eigenvalue weighted by atomic mass is 9.82. The largest absolute Gasteiger partial charge is 0.497 e. The molecule has 176 valence electrons. The Morgan fingerprint density at radius 1 is 1.09 bits per heavy atom. The summed E-state index contributed by atoms with van der Waals surface area (Å²) in [6.45, 7) is 3.63. The van der Waals surface area contributed by atoms with Gasteiger partial charge in [0.1, 0.15) is 5.75 Å². The number of aliphatic hydroxyl groups is 1. The molecular formula is C28H36N2O2S. The average Bonchev–Trinajstić information content (AvgIpc) is 2.87. The molecule has 1 aliphatic rings. The number of likely N-dealkylation sites (tertiary alicyclic amines) is 1. The molecule has 1 saturated heterocycles. The summed E-state index contributed by atoms with van der Waals surface area (Å²) in [5.41, 5.74) is 2.37. The monoisotopic (exact) mass is 464 g/mol. The summed E-state index contributed by atoms with van der Waals surface area (Å²) in [6, 6.07) is 18.9. The van der Waals surface area contributed by atoms with E-state index in [0.29, 0.717) is 18.4 Å². The van der Waals surface area contributed by atoms with Crippen LogP contribution in [0.25, 0.3) is 10.9 Å². The molecule has 0 amide bonds. The molecule has 33 heavy (non-hydrogen) atoms. The summed E-state index contributed by atoms with van der Waals surface area (Å²) in [7, 11) is 1.71. The van der Waals surface area contributed by atoms with E-state index in [1.165, 1.54) is 35.1 Å². The van der Waals surface area contributed by atoms with Crippen molar-refractivity contribution in [1.82, 2.24) is 9.88 Å². The zero-order valence-electron chi connectivity index (χ0n) is 19.7. The summed E-state index contributed by atoms with van der Waals surface area (Å²) < 4.78 is 5.41. The Labute approximate surface area is 202 Å². The van der Waals surface area contributed by atoms with Crippen LogP contribution in [0.15, 0.2) is 65.7 Å². The van der Waals surface area contributed by atoms with Crippen LogP contribution in [-0.4, -0.2) is 54.1 Å². The summed E-state index contributed by atoms with van der Waals surface area (Å²) in [5.74, 6) is 3.05. The maximum Gasteiger partial charge on any atom is 0.119 e. The van der Waals surface area contributed by atoms with E-state index in [2.05, 4.69) is 52.3 Å². The number of fused-ring (bicyclic) bond motifs is 1. The molecule has 0 spiro atoms. The van der Waals surface area contributed by atoms with Crippen LogP contribution in [0.3, 0.4) is 0 Å². The number of pyridine rings is 1. The first-order valence-corrected chi connectivity index (χ1v) is 13.2. The van der Waals surface area contributed by atoms with E-state index in [0.717, 1.165) is 49.5 Å². The van der Waals surface area contributed by atoms with Gasteiger partial charge in [-0.3, -0.25) is 4.98 Å². The third-order valence-corrected chi connectivity index (χ3v) is 8.00. The van der Waals surface area contributed by atoms with E-state index in [1.54, 1.807) is 7.11 Å². The molecule has 1 aliphatic heterocycles. The molecule has 4 nitrogen and oxygen atoms in total. The Morgan fingerprint density at radius 3 is 2.79 bits per heavy atom. The van der Waals surface area contributed by atoms with Crippen molar-refractivity contribution in [3.63, 3.8) is 0 Å². The van der Waals surface area contributed by atoms with Crippen LogP contribution in [0.2, 0.25) is 0 Å². The van der Waals surface area contributed by atoms with E-state index in [-0.39, 0.29) is 0 Å². The quantitative estimate of drug-likeness (QED) is 0.292. The van der Waals surface area contributed by atoms with Gasteiger partial charge in [0.2, 0.25) is 0 Å². The number of aromatic nitrogens is 1. The molecule has 0 bridgehead atoms. The first-order chi connectivity index (χ1) is 16.3. The molecule has 2 atom stereocenters. The Bertz CT molecular complexity index is 998. The molecule has 1 N–H and O–H groups in total. The van der Waals surface area contributed by atoms with Crippen molar-refractivity contribution in [2.45, 2.75) is 37.0 Å². The Balaban J connectivity index is 1.22. The van der Waals surface area contributed by atoms with E-state index in [9.17, 15) is 5.11 Å². The van der Waals surface area contributed by atoms with Gasteiger partial charge in [-0.15, -0.1) is 11.8 Å². The normalized spacial score (nSPS) is 19.1. The van der Waals surface area contributed by atoms with Gasteiger partial charge in [0.05, 0.1) is 12.6 Å². The number of ether oxygens (including phenoxy) is 1. The van der Waals surface area contributed by atoms with Gasteiger partial charge in [0.15, 0.2) is 0 Å². The molecule has 3 aromatic rings. The van der Waals surface area contributed by atoms with Crippen molar-refractivity contribution in [2.24, 2.45) is 11.8 Å². The average molecular weight is 465 g/mol. The van der Waals surface area contributed by atoms with Gasteiger partial charge in [-0.1, -0.05) is 18.2 Å². The fraction of sp³-hybridized carbons (Fsp3) is 0.464. The molecule has 0 saturated carbocycles. The van der Waals surface area contributed by atoms with Crippen molar-refractivity contribution < 1.29 is 9.84 Å². The van der Waals surface area contributed by atoms with Crippen LogP contribution in [0.5, 0.6) is 5.75 Å². The van der Waals surface area contributed by atoms with Crippen LogP contribution < -0.4 is 4.74 Å². The van der Waals surface area contributed by atoms with Gasteiger partial charge in [-0.25, -0.2) is 0 Å². The smallest absolute Gasteiger partial charge is 0.119 e. The molecule has 1 aromatic heterocycles. The lowest BCUT2D eigenvalue weighted by Gasteiger charge is -2.38. The maximum atomic E-state index is 10.1. The van der Waals surface area contributed by atoms with Gasteiger partial charge in [0.25, 0.3) is 0 Å². The van der Waals surface area contributed by atoms with Crippen LogP contribution in [0.1, 0.15) is 31.2 Å². The molecule has 5 heteroatoms. The minimum atomic E-state index is 0.301. The lowest BCUT2D eigenvalue weighted by Crippen LogP contribution is -2.42. The highest BCUT2D eigenvalue weighted by atomic mass is 32.2. The fourth-order valence-electron chi connectivity index (χ4n) is 5.02. The zero-order chi connectivity index (χ0) is 22.9. The number of aryl methyl sites for hydroxylation is 1. The van der Waals surface area contributed by atoms with Gasteiger partial charge >= 0.3 is 0 Å². The molecular weight excluding hydrogens is 428 g/mol. The van der Waals surface area contributed by atoms with Crippen LogP contribution in [0, 0.1) is 11.8 Å². The number of aliphatic hydroxyl groups excluding tert-OH is 1. The van der Waals surface area contributed by atoms with Crippen molar-refractivity contribution in [2.75, 3.05) is 39.1 Å². The summed E-state index contributed by atoms with van der Waals surface area (Å²) in [5, 5.41) is 11.3. The number of hydrogen-bond donors (Lipinski definition) is 1. The topological polar surface area (TPSA) is 45.6 Å². The predicted octanol–water partition coefficient (Wildman–Crippen LogP) is 5.68. The molecule has 2 aromatic carbocycles. The molecule has 1 fully saturated rings. The first-order valence-electron chi connectivity index (χ1n) is 12.2. The van der Waals surface area contributed by atoms with Crippen molar-refractivity contribution >= 4 is 22.7 Å². The molecule has 0 radical (unpaired) electrons. The van der Waals surface area contributed by atoms with E-state index < -0.39 is 0 Å². The SMILES string of the molecule is COc1ccc2nccc(CCC[C@@H]3CCN(CCCSc4ccccc4)C[C@@H]3CO)c2c1. The van der Waals surface area contributed by atoms with Crippen LogP contribution in [0.4, 0.5) is 0 Å². The van der Waals surface area contributed by atoms with Gasteiger partial charge in [0, 0.05) is 29.6 Å². The maximum absolute atomic E-state index is 10.1. The third kappa shape index (κ3) is 6.72. The summed E-state index contributed by atoms with van der Waals surface area (Å²) >= 11 is 1.94. The summed E-state index contributed by atoms with van der Waals surface area (Å²) in [6.07, 6.45) is 7.67. The molecule has 2 heterocycles. The molecule has 4 rings (SSSR count). The summed E-state index contributed by atoms with van der Waals surface area (Å²) in [4.78, 5) is 8.41. The van der Waals surface area contributed by atoms with E-state index in [4.69, 9.17) is 4.74 Å². The van der Waals surface area contributed by atoms with E-state index >= 15 is 0 Å². The number of thioether (sulfide) groups is 1. The highest BCUT2D eigenvalue weighted by Gasteiger charge is 2.28. The second-order valence-electron chi connectivity index (χ2n) is 9.05. The Hall–Kier alpha value is -2.08. The third-order valence-electron chi connectivity index (χ3n) is 6.90. The van der Waals surface area contributed by atoms with Crippen LogP contribution >= 0.6 is 11.8 Å². The number of nitrogens with zero attached hydrogens (tertiary/aromatic N) is 2. The number of methoxy groups -OCH3 is 1. The van der Waals surface area contributed by atoms with Crippen molar-refractivity contribution in [3.8, 4) is 5.75 Å². The predicted molar refractivity (Wildman–Crippen MR) is 138 cm³/mol. The minimum Gasteiger partial charge on any atom is -0.497 e. The Morgan fingerprint density at radius 2 is 1.97 bits per heavy atom. The molecule has 0 aliphatic carbocycles. The zero-order valence-corrected chi connectivity index (χ0v) is 20.5. The van der Waals surface area contributed by atoms with Crippen molar-refractivity contribution in [3.05, 3.63) is 66.4 Å². The standard InChI is InChI=1S/C28H36N2O2S/c1-32-25-11-12-28-27(19-25)23(13-15-29-28)8-5-7-22-14-17-30(20-24(22)21-31)16-6-18-33-26-9-3-2-4-10-26/h2-4,9-13,15,19,22,24,31H,5-8,14,16-18,20-21H2,1H3/t22-,24-/m1/s1. The first kappa shape index (κ1) is 24.1. The van der Waals surface area contributed by atoms with Gasteiger partial charge in [-0.05, 0) is 105 Å². The number of piperidine rings is 1. The second-order valence-corrected chi connectivity index (χ2v) is 10.2.